The number of hydrogen-bond acceptors (Lipinski definition) is 2. The Bertz CT molecular complexity index is 195. The van der Waals surface area contributed by atoms with Crippen LogP contribution in [0.25, 0.3) is 0 Å². The summed E-state index contributed by atoms with van der Waals surface area (Å²) in [6.07, 6.45) is 5.37. The molecular formula is C14H30N2. The van der Waals surface area contributed by atoms with Gasteiger partial charge in [-0.15, -0.1) is 0 Å². The molecule has 0 aromatic rings. The molecule has 1 saturated heterocycles. The van der Waals surface area contributed by atoms with E-state index < -0.39 is 0 Å². The monoisotopic (exact) mass is 226 g/mol. The number of nitrogens with zero attached hydrogens (tertiary/aromatic N) is 1. The lowest BCUT2D eigenvalue weighted by atomic mass is 10.1. The molecule has 2 unspecified atom stereocenters. The maximum Gasteiger partial charge on any atom is 0.0221 e. The molecule has 0 aromatic heterocycles. The highest BCUT2D eigenvalue weighted by atomic mass is 15.2. The third kappa shape index (κ3) is 4.06. The second-order valence-corrected chi connectivity index (χ2v) is 6.14. The van der Waals surface area contributed by atoms with Crippen LogP contribution in [0.5, 0.6) is 0 Å². The molecule has 0 radical (unpaired) electrons. The summed E-state index contributed by atoms with van der Waals surface area (Å²) in [5, 5.41) is 3.65. The average Bonchev–Trinajstić information content (AvgIpc) is 2.65. The SMILES string of the molecule is CCC1CCCN1C(CC)CNC(C)(C)C. The molecule has 0 spiro atoms. The van der Waals surface area contributed by atoms with E-state index in [0.717, 1.165) is 18.6 Å². The van der Waals surface area contributed by atoms with Crippen LogP contribution < -0.4 is 5.32 Å². The zero-order valence-corrected chi connectivity index (χ0v) is 11.8. The van der Waals surface area contributed by atoms with Crippen LogP contribution in [0, 0.1) is 0 Å². The van der Waals surface area contributed by atoms with E-state index in [0.29, 0.717) is 0 Å². The Labute approximate surface area is 102 Å². The summed E-state index contributed by atoms with van der Waals surface area (Å²) in [4.78, 5) is 2.73. The van der Waals surface area contributed by atoms with Gasteiger partial charge in [-0.25, -0.2) is 0 Å². The highest BCUT2D eigenvalue weighted by Gasteiger charge is 2.28. The first-order valence-electron chi connectivity index (χ1n) is 6.98. The lowest BCUT2D eigenvalue weighted by molar-refractivity contribution is 0.159. The fraction of sp³-hybridized carbons (Fsp3) is 1.00. The Hall–Kier alpha value is -0.0800. The predicted octanol–water partition coefficient (Wildman–Crippen LogP) is 3.03. The van der Waals surface area contributed by atoms with Crippen molar-refractivity contribution in [3.8, 4) is 0 Å². The van der Waals surface area contributed by atoms with Gasteiger partial charge in [-0.3, -0.25) is 4.90 Å². The molecule has 2 heteroatoms. The zero-order valence-electron chi connectivity index (χ0n) is 11.8. The quantitative estimate of drug-likeness (QED) is 0.775. The van der Waals surface area contributed by atoms with Crippen molar-refractivity contribution in [3.63, 3.8) is 0 Å². The summed E-state index contributed by atoms with van der Waals surface area (Å²) in [5.41, 5.74) is 0.245. The molecule has 96 valence electrons. The topological polar surface area (TPSA) is 15.3 Å². The Morgan fingerprint density at radius 1 is 1.31 bits per heavy atom. The maximum atomic E-state index is 3.65. The standard InChI is InChI=1S/C14H30N2/c1-6-12-9-8-10-16(12)13(7-2)11-15-14(3,4)5/h12-13,15H,6-11H2,1-5H3. The Kier molecular flexibility index (Phi) is 5.26. The molecule has 1 fully saturated rings. The molecule has 0 bridgehead atoms. The van der Waals surface area contributed by atoms with Gasteiger partial charge in [0.05, 0.1) is 0 Å². The molecule has 1 N–H and O–H groups in total. The van der Waals surface area contributed by atoms with Crippen LogP contribution in [0.15, 0.2) is 0 Å². The van der Waals surface area contributed by atoms with Gasteiger partial charge in [-0.05, 0) is 53.0 Å². The number of nitrogens with one attached hydrogen (secondary N) is 1. The van der Waals surface area contributed by atoms with Gasteiger partial charge in [-0.2, -0.15) is 0 Å². The van der Waals surface area contributed by atoms with Crippen molar-refractivity contribution >= 4 is 0 Å². The summed E-state index contributed by atoms with van der Waals surface area (Å²) < 4.78 is 0. The van der Waals surface area contributed by atoms with Gasteiger partial charge in [0.25, 0.3) is 0 Å². The predicted molar refractivity (Wildman–Crippen MR) is 71.9 cm³/mol. The maximum absolute atomic E-state index is 3.65. The van der Waals surface area contributed by atoms with Gasteiger partial charge in [0.2, 0.25) is 0 Å². The highest BCUT2D eigenvalue weighted by Crippen LogP contribution is 2.23. The summed E-state index contributed by atoms with van der Waals surface area (Å²) in [5.74, 6) is 0. The van der Waals surface area contributed by atoms with E-state index in [1.807, 2.05) is 0 Å². The number of hydrogen-bond donors (Lipinski definition) is 1. The van der Waals surface area contributed by atoms with Crippen LogP contribution >= 0.6 is 0 Å². The third-order valence-corrected chi connectivity index (χ3v) is 3.70. The first kappa shape index (κ1) is 14.0. The minimum Gasteiger partial charge on any atom is -0.311 e. The largest absolute Gasteiger partial charge is 0.311 e. The van der Waals surface area contributed by atoms with Gasteiger partial charge >= 0.3 is 0 Å². The van der Waals surface area contributed by atoms with E-state index in [1.165, 1.54) is 32.2 Å². The molecule has 0 saturated carbocycles. The molecule has 0 aliphatic carbocycles. The van der Waals surface area contributed by atoms with Crippen molar-refractivity contribution in [2.45, 2.75) is 77.9 Å². The third-order valence-electron chi connectivity index (χ3n) is 3.70. The van der Waals surface area contributed by atoms with Crippen LogP contribution in [0.2, 0.25) is 0 Å². The molecule has 2 nitrogen and oxygen atoms in total. The fourth-order valence-electron chi connectivity index (χ4n) is 2.70. The average molecular weight is 226 g/mol. The first-order valence-corrected chi connectivity index (χ1v) is 6.98. The lowest BCUT2D eigenvalue weighted by Gasteiger charge is -2.34. The smallest absolute Gasteiger partial charge is 0.0221 e. The highest BCUT2D eigenvalue weighted by molar-refractivity contribution is 4.86. The molecule has 1 rings (SSSR count). The van der Waals surface area contributed by atoms with Crippen molar-refractivity contribution < 1.29 is 0 Å². The number of rotatable bonds is 5. The van der Waals surface area contributed by atoms with Crippen molar-refractivity contribution in [1.29, 1.82) is 0 Å². The Balaban J connectivity index is 2.47. The van der Waals surface area contributed by atoms with Gasteiger partial charge in [0, 0.05) is 24.2 Å². The van der Waals surface area contributed by atoms with E-state index in [-0.39, 0.29) is 5.54 Å². The minimum absolute atomic E-state index is 0.245. The molecule has 1 heterocycles. The van der Waals surface area contributed by atoms with Gasteiger partial charge in [-0.1, -0.05) is 13.8 Å². The zero-order chi connectivity index (χ0) is 12.2. The summed E-state index contributed by atoms with van der Waals surface area (Å²) in [6.45, 7) is 13.8. The lowest BCUT2D eigenvalue weighted by Crippen LogP contribution is -2.48. The second kappa shape index (κ2) is 6.02. The van der Waals surface area contributed by atoms with Crippen LogP contribution in [-0.4, -0.2) is 35.6 Å². The summed E-state index contributed by atoms with van der Waals surface area (Å²) in [7, 11) is 0. The van der Waals surface area contributed by atoms with Crippen LogP contribution in [0.3, 0.4) is 0 Å². The van der Waals surface area contributed by atoms with E-state index >= 15 is 0 Å². The van der Waals surface area contributed by atoms with Crippen LogP contribution in [0.4, 0.5) is 0 Å². The molecule has 16 heavy (non-hydrogen) atoms. The summed E-state index contributed by atoms with van der Waals surface area (Å²) in [6, 6.07) is 1.57. The van der Waals surface area contributed by atoms with E-state index in [2.05, 4.69) is 44.8 Å². The summed E-state index contributed by atoms with van der Waals surface area (Å²) >= 11 is 0. The molecule has 1 aliphatic heterocycles. The van der Waals surface area contributed by atoms with Gasteiger partial charge < -0.3 is 5.32 Å². The number of likely N-dealkylation sites (tertiary alicyclic amines) is 1. The molecule has 1 aliphatic rings. The van der Waals surface area contributed by atoms with Gasteiger partial charge in [0.15, 0.2) is 0 Å². The van der Waals surface area contributed by atoms with E-state index in [9.17, 15) is 0 Å². The van der Waals surface area contributed by atoms with Crippen molar-refractivity contribution in [1.82, 2.24) is 10.2 Å². The van der Waals surface area contributed by atoms with Crippen molar-refractivity contribution in [3.05, 3.63) is 0 Å². The Morgan fingerprint density at radius 2 is 2.00 bits per heavy atom. The molecular weight excluding hydrogens is 196 g/mol. The second-order valence-electron chi connectivity index (χ2n) is 6.14. The van der Waals surface area contributed by atoms with Crippen molar-refractivity contribution in [2.24, 2.45) is 0 Å². The van der Waals surface area contributed by atoms with Crippen LogP contribution in [0.1, 0.15) is 60.3 Å². The fourth-order valence-corrected chi connectivity index (χ4v) is 2.70. The Morgan fingerprint density at radius 3 is 2.50 bits per heavy atom. The normalized spacial score (nSPS) is 24.9. The van der Waals surface area contributed by atoms with E-state index in [4.69, 9.17) is 0 Å². The van der Waals surface area contributed by atoms with E-state index in [1.54, 1.807) is 0 Å². The first-order chi connectivity index (χ1) is 7.48. The minimum atomic E-state index is 0.245. The van der Waals surface area contributed by atoms with Crippen LogP contribution in [-0.2, 0) is 0 Å². The molecule has 0 aromatic carbocycles. The molecule has 2 atom stereocenters. The molecule has 0 amide bonds. The van der Waals surface area contributed by atoms with Crippen molar-refractivity contribution in [2.75, 3.05) is 13.1 Å². The van der Waals surface area contributed by atoms with Gasteiger partial charge in [0.1, 0.15) is 0 Å².